The molecule has 0 radical (unpaired) electrons. The number of hydrogen-bond acceptors (Lipinski definition) is 3. The van der Waals surface area contributed by atoms with Crippen LogP contribution in [0.3, 0.4) is 0 Å². The molecule has 0 aromatic heterocycles. The molecule has 0 heterocycles. The Morgan fingerprint density at radius 1 is 1.50 bits per heavy atom. The number of hydrogen-bond donors (Lipinski definition) is 1. The molecule has 1 rings (SSSR count). The third-order valence-electron chi connectivity index (χ3n) is 2.78. The maximum absolute atomic E-state index is 12.3. The van der Waals surface area contributed by atoms with Crippen LogP contribution in [0.25, 0.3) is 0 Å². The highest BCUT2D eigenvalue weighted by Crippen LogP contribution is 2.32. The Kier molecular flexibility index (Phi) is 7.15. The number of rotatable bonds is 6. The van der Waals surface area contributed by atoms with Gasteiger partial charge in [0.1, 0.15) is 4.75 Å². The van der Waals surface area contributed by atoms with Crippen molar-refractivity contribution in [1.82, 2.24) is 4.72 Å². The molecule has 112 valence electrons. The molecule has 1 unspecified atom stereocenters. The van der Waals surface area contributed by atoms with Gasteiger partial charge in [-0.15, -0.1) is 23.1 Å². The van der Waals surface area contributed by atoms with E-state index in [9.17, 15) is 4.55 Å². The summed E-state index contributed by atoms with van der Waals surface area (Å²) in [6, 6.07) is 6.21. The van der Waals surface area contributed by atoms with E-state index >= 15 is 0 Å². The zero-order valence-electron chi connectivity index (χ0n) is 12.4. The zero-order chi connectivity index (χ0) is 15.3. The standard InChI is InChI=1S/C15H22BrNOS2/c1-6-7-13(17-20(18)15(2,3)4)12-9-8-11(16)10-14(12)19-5/h6,8-10,13,17H,1,7H2,2-5H3/t13-,20?/m0/s1. The average molecular weight is 376 g/mol. The summed E-state index contributed by atoms with van der Waals surface area (Å²) >= 11 is 4.09. The van der Waals surface area contributed by atoms with Crippen molar-refractivity contribution in [2.45, 2.75) is 42.9 Å². The van der Waals surface area contributed by atoms with E-state index in [0.717, 1.165) is 10.9 Å². The van der Waals surface area contributed by atoms with Crippen molar-refractivity contribution >= 4 is 39.1 Å². The molecule has 0 saturated heterocycles. The lowest BCUT2D eigenvalue weighted by molar-refractivity contribution is 0.522. The van der Waals surface area contributed by atoms with Crippen molar-refractivity contribution in [2.75, 3.05) is 6.26 Å². The molecule has 2 atom stereocenters. The van der Waals surface area contributed by atoms with Gasteiger partial charge in [-0.25, -0.2) is 0 Å². The highest BCUT2D eigenvalue weighted by atomic mass is 79.9. The molecule has 0 bridgehead atoms. The molecular formula is C15H22BrNOS2. The van der Waals surface area contributed by atoms with Crippen molar-refractivity contribution in [1.29, 1.82) is 0 Å². The number of thioether (sulfide) groups is 1. The summed E-state index contributed by atoms with van der Waals surface area (Å²) in [5, 5.41) is 0. The lowest BCUT2D eigenvalue weighted by atomic mass is 10.1. The van der Waals surface area contributed by atoms with Crippen molar-refractivity contribution < 1.29 is 4.55 Å². The Hall–Kier alpha value is 0.0600. The second-order valence-corrected chi connectivity index (χ2v) is 9.22. The predicted molar refractivity (Wildman–Crippen MR) is 94.5 cm³/mol. The fourth-order valence-electron chi connectivity index (χ4n) is 1.68. The lowest BCUT2D eigenvalue weighted by Crippen LogP contribution is -2.41. The first-order valence-corrected chi connectivity index (χ1v) is 9.58. The van der Waals surface area contributed by atoms with E-state index in [2.05, 4.69) is 45.6 Å². The molecule has 0 aliphatic carbocycles. The molecule has 0 amide bonds. The van der Waals surface area contributed by atoms with E-state index in [1.54, 1.807) is 11.8 Å². The average Bonchev–Trinajstić information content (AvgIpc) is 2.36. The van der Waals surface area contributed by atoms with Crippen LogP contribution >= 0.6 is 27.7 Å². The van der Waals surface area contributed by atoms with E-state index in [4.69, 9.17) is 0 Å². The molecule has 0 spiro atoms. The number of benzene rings is 1. The summed E-state index contributed by atoms with van der Waals surface area (Å²) < 4.78 is 16.4. The largest absolute Gasteiger partial charge is 0.598 e. The van der Waals surface area contributed by atoms with Gasteiger partial charge >= 0.3 is 0 Å². The molecule has 1 aromatic rings. The second-order valence-electron chi connectivity index (χ2n) is 5.46. The van der Waals surface area contributed by atoms with E-state index in [0.29, 0.717) is 0 Å². The van der Waals surface area contributed by atoms with Crippen LogP contribution in [0.4, 0.5) is 0 Å². The monoisotopic (exact) mass is 375 g/mol. The molecule has 20 heavy (non-hydrogen) atoms. The Morgan fingerprint density at radius 2 is 2.15 bits per heavy atom. The van der Waals surface area contributed by atoms with Crippen LogP contribution in [0.2, 0.25) is 0 Å². The summed E-state index contributed by atoms with van der Waals surface area (Å²) in [5.41, 5.74) is 1.17. The molecule has 0 fully saturated rings. The normalized spacial score (nSPS) is 14.9. The van der Waals surface area contributed by atoms with Gasteiger partial charge < -0.3 is 4.55 Å². The molecule has 0 saturated carbocycles. The van der Waals surface area contributed by atoms with E-state index in [1.807, 2.05) is 32.9 Å². The maximum Gasteiger partial charge on any atom is 0.136 e. The number of halogens is 1. The quantitative estimate of drug-likeness (QED) is 0.438. The van der Waals surface area contributed by atoms with E-state index < -0.39 is 11.4 Å². The van der Waals surface area contributed by atoms with Gasteiger partial charge in [0.05, 0.1) is 6.04 Å². The topological polar surface area (TPSA) is 35.1 Å². The SMILES string of the molecule is C=CC[C@H](N[S+]([O-])C(C)(C)C)c1ccc(Br)cc1SC. The highest BCUT2D eigenvalue weighted by molar-refractivity contribution is 9.10. The second kappa shape index (κ2) is 7.90. The Balaban J connectivity index is 3.05. The molecule has 5 heteroatoms. The Morgan fingerprint density at radius 3 is 2.65 bits per heavy atom. The van der Waals surface area contributed by atoms with Gasteiger partial charge in [0.25, 0.3) is 0 Å². The Bertz CT molecular complexity index is 460. The first kappa shape index (κ1) is 18.1. The third-order valence-corrected chi connectivity index (χ3v) is 5.68. The Labute approximate surface area is 138 Å². The van der Waals surface area contributed by atoms with E-state index in [-0.39, 0.29) is 10.8 Å². The van der Waals surface area contributed by atoms with Crippen LogP contribution in [-0.2, 0) is 11.4 Å². The third kappa shape index (κ3) is 5.11. The minimum absolute atomic E-state index is 0.0168. The first-order chi connectivity index (χ1) is 9.29. The van der Waals surface area contributed by atoms with E-state index in [1.165, 1.54) is 10.5 Å². The van der Waals surface area contributed by atoms with Crippen molar-refractivity contribution in [3.05, 3.63) is 40.9 Å². The van der Waals surface area contributed by atoms with Crippen LogP contribution in [0.1, 0.15) is 38.8 Å². The molecule has 0 aliphatic heterocycles. The van der Waals surface area contributed by atoms with Gasteiger partial charge in [-0.2, -0.15) is 0 Å². The highest BCUT2D eigenvalue weighted by Gasteiger charge is 2.30. The van der Waals surface area contributed by atoms with Gasteiger partial charge in [-0.3, -0.25) is 0 Å². The van der Waals surface area contributed by atoms with Crippen molar-refractivity contribution in [2.24, 2.45) is 0 Å². The molecule has 2 nitrogen and oxygen atoms in total. The van der Waals surface area contributed by atoms with Gasteiger partial charge in [0, 0.05) is 20.7 Å². The van der Waals surface area contributed by atoms with Gasteiger partial charge in [-0.1, -0.05) is 28.1 Å². The predicted octanol–water partition coefficient (Wildman–Crippen LogP) is 4.84. The summed E-state index contributed by atoms with van der Waals surface area (Å²) in [6.07, 6.45) is 4.66. The van der Waals surface area contributed by atoms with Crippen molar-refractivity contribution in [3.8, 4) is 0 Å². The fourth-order valence-corrected chi connectivity index (χ4v) is 3.72. The molecule has 0 aliphatic rings. The van der Waals surface area contributed by atoms with Crippen molar-refractivity contribution in [3.63, 3.8) is 0 Å². The van der Waals surface area contributed by atoms with Crippen LogP contribution in [0, 0.1) is 0 Å². The lowest BCUT2D eigenvalue weighted by Gasteiger charge is -2.28. The summed E-state index contributed by atoms with van der Waals surface area (Å²) in [4.78, 5) is 1.18. The summed E-state index contributed by atoms with van der Waals surface area (Å²) in [5.74, 6) is 0. The van der Waals surface area contributed by atoms with Crippen LogP contribution in [-0.4, -0.2) is 15.6 Å². The zero-order valence-corrected chi connectivity index (χ0v) is 15.6. The van der Waals surface area contributed by atoms with Crippen LogP contribution in [0.15, 0.2) is 40.2 Å². The molecule has 1 aromatic carbocycles. The summed E-state index contributed by atoms with van der Waals surface area (Å²) in [7, 11) is 0. The van der Waals surface area contributed by atoms with Gasteiger partial charge in [0.15, 0.2) is 0 Å². The first-order valence-electron chi connectivity index (χ1n) is 6.42. The van der Waals surface area contributed by atoms with Gasteiger partial charge in [0.2, 0.25) is 0 Å². The van der Waals surface area contributed by atoms with Crippen LogP contribution < -0.4 is 4.72 Å². The minimum Gasteiger partial charge on any atom is -0.598 e. The van der Waals surface area contributed by atoms with Gasteiger partial charge in [-0.05, 0) is 51.1 Å². The maximum atomic E-state index is 12.3. The van der Waals surface area contributed by atoms with Crippen LogP contribution in [0.5, 0.6) is 0 Å². The molecular weight excluding hydrogens is 354 g/mol. The fraction of sp³-hybridized carbons (Fsp3) is 0.467. The molecule has 1 N–H and O–H groups in total. The number of nitrogens with one attached hydrogen (secondary N) is 1. The smallest absolute Gasteiger partial charge is 0.136 e. The minimum atomic E-state index is -1.10. The summed E-state index contributed by atoms with van der Waals surface area (Å²) in [6.45, 7) is 9.72.